The molecule has 0 aliphatic rings. The molecule has 0 aliphatic carbocycles. The van der Waals surface area contributed by atoms with Gasteiger partial charge in [-0.05, 0) is 20.8 Å². The second kappa shape index (κ2) is 4.50. The Balaban J connectivity index is 3.81. The van der Waals surface area contributed by atoms with E-state index in [1.54, 1.807) is 20.8 Å². The maximum absolute atomic E-state index is 11.0. The largest absolute Gasteiger partial charge is 0.407 e. The summed E-state index contributed by atoms with van der Waals surface area (Å²) < 4.78 is 18.8. The topological polar surface area (TPSA) is 61.8 Å². The molecule has 1 radical (unpaired) electrons. The van der Waals surface area contributed by atoms with Gasteiger partial charge < -0.3 is 0 Å². The zero-order chi connectivity index (χ0) is 9.78. The average Bonchev–Trinajstić information content (AvgIpc) is 1.97. The maximum atomic E-state index is 11.0. The summed E-state index contributed by atoms with van der Waals surface area (Å²) in [7, 11) is -1.17. The molecule has 71 valence electrons. The minimum absolute atomic E-state index is 0.595. The SMILES string of the molecule is CO[P](=O)OOC(=O)C(C)(C)C. The molecule has 0 amide bonds. The van der Waals surface area contributed by atoms with Gasteiger partial charge in [-0.3, -0.25) is 9.41 Å². The third-order valence-electron chi connectivity index (χ3n) is 0.935. The van der Waals surface area contributed by atoms with E-state index in [-0.39, 0.29) is 0 Å². The lowest BCUT2D eigenvalue weighted by Gasteiger charge is -2.13. The lowest BCUT2D eigenvalue weighted by molar-refractivity contribution is -0.224. The molecule has 0 rings (SSSR count). The van der Waals surface area contributed by atoms with Crippen molar-refractivity contribution >= 4 is 14.2 Å². The van der Waals surface area contributed by atoms with E-state index in [1.165, 1.54) is 7.11 Å². The van der Waals surface area contributed by atoms with Gasteiger partial charge in [0.15, 0.2) is 0 Å². The van der Waals surface area contributed by atoms with Gasteiger partial charge in [0.2, 0.25) is 0 Å². The van der Waals surface area contributed by atoms with Gasteiger partial charge in [0, 0.05) is 0 Å². The molecule has 0 saturated heterocycles. The molecular weight excluding hydrogens is 183 g/mol. The second-order valence-corrected chi connectivity index (χ2v) is 4.06. The zero-order valence-corrected chi connectivity index (χ0v) is 8.38. The summed E-state index contributed by atoms with van der Waals surface area (Å²) in [6.07, 6.45) is 0. The smallest absolute Gasteiger partial charge is 0.284 e. The normalized spacial score (nSPS) is 12.5. The quantitative estimate of drug-likeness (QED) is 0.390. The zero-order valence-electron chi connectivity index (χ0n) is 7.49. The van der Waals surface area contributed by atoms with Gasteiger partial charge in [0.25, 0.3) is 0 Å². The fourth-order valence-electron chi connectivity index (χ4n) is 0.220. The summed E-state index contributed by atoms with van der Waals surface area (Å²) in [5.41, 5.74) is -0.677. The molecule has 1 atom stereocenters. The number of rotatable bonds is 3. The van der Waals surface area contributed by atoms with Crippen LogP contribution in [-0.2, 0) is 23.4 Å². The maximum Gasteiger partial charge on any atom is 0.407 e. The Morgan fingerprint density at radius 1 is 1.33 bits per heavy atom. The number of carbonyl (C=O) groups excluding carboxylic acids is 1. The van der Waals surface area contributed by atoms with Gasteiger partial charge in [0.1, 0.15) is 0 Å². The first kappa shape index (κ1) is 11.5. The van der Waals surface area contributed by atoms with Crippen molar-refractivity contribution in [2.45, 2.75) is 20.8 Å². The lowest BCUT2D eigenvalue weighted by Crippen LogP contribution is -2.22. The number of carbonyl (C=O) groups is 1. The van der Waals surface area contributed by atoms with E-state index in [1.807, 2.05) is 0 Å². The van der Waals surface area contributed by atoms with E-state index in [9.17, 15) is 9.36 Å². The number of hydrogen-bond acceptors (Lipinski definition) is 5. The Morgan fingerprint density at radius 2 is 1.83 bits per heavy atom. The predicted octanol–water partition coefficient (Wildman–Crippen LogP) is 1.81. The minimum Gasteiger partial charge on any atom is -0.284 e. The van der Waals surface area contributed by atoms with Crippen molar-refractivity contribution in [2.75, 3.05) is 7.11 Å². The van der Waals surface area contributed by atoms with Crippen molar-refractivity contribution in [3.05, 3.63) is 0 Å². The van der Waals surface area contributed by atoms with Crippen LogP contribution in [0.4, 0.5) is 0 Å². The Kier molecular flexibility index (Phi) is 4.31. The van der Waals surface area contributed by atoms with Crippen molar-refractivity contribution in [3.8, 4) is 0 Å². The second-order valence-electron chi connectivity index (χ2n) is 3.10. The first-order valence-corrected chi connectivity index (χ1v) is 4.38. The first-order chi connectivity index (χ1) is 5.38. The van der Waals surface area contributed by atoms with E-state index in [2.05, 4.69) is 14.1 Å². The van der Waals surface area contributed by atoms with Crippen LogP contribution in [0.5, 0.6) is 0 Å². The highest BCUT2D eigenvalue weighted by molar-refractivity contribution is 7.33. The summed E-state index contributed by atoms with van der Waals surface area (Å²) in [5, 5.41) is 0. The predicted molar refractivity (Wildman–Crippen MR) is 41.2 cm³/mol. The molecular formula is C6H12O5P. The molecule has 1 unspecified atom stereocenters. The molecule has 0 fully saturated rings. The highest BCUT2D eigenvalue weighted by Crippen LogP contribution is 2.24. The standard InChI is InChI=1S/C6H12O5P/c1-6(2,3)5(7)10-11-12(8)9-4/h1-4H3. The fraction of sp³-hybridized carbons (Fsp3) is 0.833. The molecule has 0 saturated carbocycles. The van der Waals surface area contributed by atoms with E-state index >= 15 is 0 Å². The van der Waals surface area contributed by atoms with Crippen molar-refractivity contribution in [1.29, 1.82) is 0 Å². The van der Waals surface area contributed by atoms with Crippen LogP contribution in [0.2, 0.25) is 0 Å². The molecule has 12 heavy (non-hydrogen) atoms. The van der Waals surface area contributed by atoms with Gasteiger partial charge in [-0.15, -0.1) is 0 Å². The minimum atomic E-state index is -2.35. The molecule has 0 aliphatic heterocycles. The van der Waals surface area contributed by atoms with Gasteiger partial charge in [0.05, 0.1) is 12.5 Å². The van der Waals surface area contributed by atoms with Crippen molar-refractivity contribution in [1.82, 2.24) is 0 Å². The van der Waals surface area contributed by atoms with Crippen LogP contribution in [0.1, 0.15) is 20.8 Å². The Morgan fingerprint density at radius 3 is 2.17 bits per heavy atom. The van der Waals surface area contributed by atoms with Gasteiger partial charge in [-0.25, -0.2) is 9.36 Å². The van der Waals surface area contributed by atoms with E-state index in [0.29, 0.717) is 0 Å². The van der Waals surface area contributed by atoms with Gasteiger partial charge in [-0.2, -0.15) is 0 Å². The van der Waals surface area contributed by atoms with Crippen LogP contribution in [-0.4, -0.2) is 13.1 Å². The Labute approximate surface area is 71.9 Å². The summed E-state index contributed by atoms with van der Waals surface area (Å²) in [6.45, 7) is 4.95. The first-order valence-electron chi connectivity index (χ1n) is 3.28. The van der Waals surface area contributed by atoms with Crippen LogP contribution in [0.15, 0.2) is 0 Å². The molecule has 0 N–H and O–H groups in total. The van der Waals surface area contributed by atoms with E-state index < -0.39 is 19.6 Å². The highest BCUT2D eigenvalue weighted by Gasteiger charge is 2.25. The van der Waals surface area contributed by atoms with E-state index in [4.69, 9.17) is 0 Å². The van der Waals surface area contributed by atoms with Crippen LogP contribution in [0.3, 0.4) is 0 Å². The summed E-state index contributed by atoms with van der Waals surface area (Å²) in [5.74, 6) is -0.595. The molecule has 0 bridgehead atoms. The molecule has 6 heteroatoms. The molecule has 5 nitrogen and oxygen atoms in total. The van der Waals surface area contributed by atoms with Gasteiger partial charge >= 0.3 is 14.2 Å². The van der Waals surface area contributed by atoms with Crippen molar-refractivity contribution in [2.24, 2.45) is 5.41 Å². The molecule has 0 aromatic heterocycles. The lowest BCUT2D eigenvalue weighted by atomic mass is 9.98. The summed E-state index contributed by atoms with van der Waals surface area (Å²) >= 11 is 0. The average molecular weight is 195 g/mol. The third kappa shape index (κ3) is 4.38. The molecule has 0 aromatic rings. The van der Waals surface area contributed by atoms with Crippen LogP contribution >= 0.6 is 8.25 Å². The molecule has 0 heterocycles. The fourth-order valence-corrected chi connectivity index (χ4v) is 0.409. The van der Waals surface area contributed by atoms with Crippen molar-refractivity contribution in [3.63, 3.8) is 0 Å². The summed E-state index contributed by atoms with van der Waals surface area (Å²) in [4.78, 5) is 15.2. The van der Waals surface area contributed by atoms with Crippen LogP contribution in [0, 0.1) is 5.41 Å². The highest BCUT2D eigenvalue weighted by atomic mass is 31.1. The summed E-state index contributed by atoms with van der Waals surface area (Å²) in [6, 6.07) is 0. The Hall–Kier alpha value is -0.510. The monoisotopic (exact) mass is 195 g/mol. The Bertz CT molecular complexity index is 183. The molecule has 0 spiro atoms. The van der Waals surface area contributed by atoms with Crippen molar-refractivity contribution < 1.29 is 23.4 Å². The third-order valence-corrected chi connectivity index (χ3v) is 1.43. The number of hydrogen-bond donors (Lipinski definition) is 0. The molecule has 0 aromatic carbocycles. The van der Waals surface area contributed by atoms with Crippen LogP contribution < -0.4 is 0 Å². The van der Waals surface area contributed by atoms with Crippen LogP contribution in [0.25, 0.3) is 0 Å². The van der Waals surface area contributed by atoms with Gasteiger partial charge in [-0.1, -0.05) is 4.67 Å². The van der Waals surface area contributed by atoms with E-state index in [0.717, 1.165) is 0 Å².